The Kier molecular flexibility index (Phi) is 5.02. The molecule has 0 radical (unpaired) electrons. The minimum atomic E-state index is -3.76. The fourth-order valence-electron chi connectivity index (χ4n) is 2.86. The molecule has 0 N–H and O–H groups in total. The van der Waals surface area contributed by atoms with Gasteiger partial charge < -0.3 is 4.90 Å². The van der Waals surface area contributed by atoms with Gasteiger partial charge in [-0.25, -0.2) is 12.7 Å². The molecule has 1 aliphatic rings. The summed E-state index contributed by atoms with van der Waals surface area (Å²) in [5, 5.41) is 0.100. The van der Waals surface area contributed by atoms with Gasteiger partial charge in [0.05, 0.1) is 16.5 Å². The van der Waals surface area contributed by atoms with Crippen LogP contribution in [0.5, 0.6) is 0 Å². The Morgan fingerprint density at radius 3 is 2.46 bits per heavy atom. The Labute approximate surface area is 157 Å². The van der Waals surface area contributed by atoms with Gasteiger partial charge in [0.2, 0.25) is 15.9 Å². The zero-order valence-corrected chi connectivity index (χ0v) is 15.6. The van der Waals surface area contributed by atoms with Crippen LogP contribution in [0.3, 0.4) is 0 Å². The van der Waals surface area contributed by atoms with Gasteiger partial charge in [-0.3, -0.25) is 9.59 Å². The van der Waals surface area contributed by atoms with E-state index in [4.69, 9.17) is 11.6 Å². The van der Waals surface area contributed by atoms with Crippen molar-refractivity contribution >= 4 is 44.8 Å². The molecule has 1 fully saturated rings. The number of nitrogens with zero attached hydrogens (tertiary/aromatic N) is 2. The number of benzene rings is 2. The third kappa shape index (κ3) is 3.32. The lowest BCUT2D eigenvalue weighted by Crippen LogP contribution is -2.32. The van der Waals surface area contributed by atoms with E-state index < -0.39 is 15.9 Å². The summed E-state index contributed by atoms with van der Waals surface area (Å²) in [4.78, 5) is 26.5. The van der Waals surface area contributed by atoms with E-state index in [0.29, 0.717) is 10.8 Å². The number of anilines is 2. The maximum atomic E-state index is 12.9. The molecule has 0 spiro atoms. The number of carbonyl (C=O) groups is 2. The second-order valence-corrected chi connectivity index (χ2v) is 8.12. The molecule has 136 valence electrons. The van der Waals surface area contributed by atoms with E-state index >= 15 is 0 Å². The molecular weight excluding hydrogens is 376 g/mol. The minimum Gasteiger partial charge on any atom is -0.309 e. The highest BCUT2D eigenvalue weighted by atomic mass is 35.5. The first-order valence-electron chi connectivity index (χ1n) is 8.07. The number of hydrogen-bond acceptors (Lipinski definition) is 4. The Morgan fingerprint density at radius 2 is 1.88 bits per heavy atom. The number of carbonyl (C=O) groups excluding carboxylic acids is 2. The largest absolute Gasteiger partial charge is 0.309 e. The summed E-state index contributed by atoms with van der Waals surface area (Å²) in [6.07, 6.45) is -0.0953. The highest BCUT2D eigenvalue weighted by molar-refractivity contribution is 7.94. The van der Waals surface area contributed by atoms with Crippen LogP contribution < -0.4 is 9.21 Å². The molecule has 0 bridgehead atoms. The number of hydrogen-bond donors (Lipinski definition) is 0. The molecule has 0 unspecified atom stereocenters. The van der Waals surface area contributed by atoms with Crippen molar-refractivity contribution in [3.8, 4) is 0 Å². The average molecular weight is 393 g/mol. The average Bonchev–Trinajstić information content (AvgIpc) is 2.90. The number of para-hydroxylation sites is 1. The van der Waals surface area contributed by atoms with Crippen LogP contribution in [-0.2, 0) is 14.8 Å². The molecule has 2 aromatic carbocycles. The van der Waals surface area contributed by atoms with Crippen molar-refractivity contribution in [2.45, 2.75) is 13.3 Å². The van der Waals surface area contributed by atoms with E-state index in [9.17, 15) is 18.0 Å². The lowest BCUT2D eigenvalue weighted by molar-refractivity contribution is -0.116. The molecule has 1 heterocycles. The zero-order valence-electron chi connectivity index (χ0n) is 14.1. The summed E-state index contributed by atoms with van der Waals surface area (Å²) in [6.45, 7) is 2.28. The Bertz CT molecular complexity index is 960. The molecule has 1 aliphatic heterocycles. The van der Waals surface area contributed by atoms with E-state index in [1.54, 1.807) is 4.90 Å². The van der Waals surface area contributed by atoms with Crippen molar-refractivity contribution in [3.05, 3.63) is 59.1 Å². The normalized spacial score (nSPS) is 15.9. The molecule has 1 saturated heterocycles. The first-order valence-corrected chi connectivity index (χ1v) is 10.1. The maximum absolute atomic E-state index is 12.9. The second kappa shape index (κ2) is 7.09. The molecule has 2 amide bonds. The summed E-state index contributed by atoms with van der Waals surface area (Å²) in [6, 6.07) is 13.4. The molecule has 0 aliphatic carbocycles. The van der Waals surface area contributed by atoms with Gasteiger partial charge in [0, 0.05) is 24.2 Å². The zero-order chi connectivity index (χ0) is 18.9. The lowest BCUT2D eigenvalue weighted by atomic mass is 10.1. The fourth-order valence-corrected chi connectivity index (χ4v) is 4.58. The van der Waals surface area contributed by atoms with E-state index in [2.05, 4.69) is 0 Å². The Hall–Kier alpha value is -2.38. The Balaban J connectivity index is 2.02. The molecule has 2 aromatic rings. The highest BCUT2D eigenvalue weighted by Crippen LogP contribution is 2.33. The van der Waals surface area contributed by atoms with E-state index in [1.165, 1.54) is 18.2 Å². The fraction of sp³-hybridized carbons (Fsp3) is 0.222. The predicted molar refractivity (Wildman–Crippen MR) is 101 cm³/mol. The van der Waals surface area contributed by atoms with Gasteiger partial charge in [0.1, 0.15) is 0 Å². The standard InChI is InChI=1S/C18H17ClN2O4S/c1-2-20(14-6-4-3-5-7-14)18(23)13-8-9-15(19)16(12-13)21-17(22)10-11-26(21,24)25/h3-9,12H,2,10-11H2,1H3. The Morgan fingerprint density at radius 1 is 1.19 bits per heavy atom. The van der Waals surface area contributed by atoms with Crippen molar-refractivity contribution in [1.82, 2.24) is 0 Å². The van der Waals surface area contributed by atoms with E-state index in [0.717, 1.165) is 5.69 Å². The SMILES string of the molecule is CCN(C(=O)c1ccc(Cl)c(N2C(=O)CCS2(=O)=O)c1)c1ccccc1. The van der Waals surface area contributed by atoms with Crippen molar-refractivity contribution in [1.29, 1.82) is 0 Å². The van der Waals surface area contributed by atoms with Crippen LogP contribution in [0.15, 0.2) is 48.5 Å². The van der Waals surface area contributed by atoms with Gasteiger partial charge in [0.15, 0.2) is 0 Å². The van der Waals surface area contributed by atoms with Crippen LogP contribution in [0.1, 0.15) is 23.7 Å². The number of halogens is 1. The molecule has 0 aromatic heterocycles. The molecule has 0 atom stereocenters. The lowest BCUT2D eigenvalue weighted by Gasteiger charge is -2.22. The first-order chi connectivity index (χ1) is 12.3. The summed E-state index contributed by atoms with van der Waals surface area (Å²) in [5.74, 6) is -1.11. The van der Waals surface area contributed by atoms with Crippen LogP contribution >= 0.6 is 11.6 Å². The summed E-state index contributed by atoms with van der Waals surface area (Å²) < 4.78 is 25.0. The van der Waals surface area contributed by atoms with Gasteiger partial charge in [-0.1, -0.05) is 29.8 Å². The van der Waals surface area contributed by atoms with Crippen LogP contribution in [0, 0.1) is 0 Å². The third-order valence-electron chi connectivity index (χ3n) is 4.12. The van der Waals surface area contributed by atoms with Crippen molar-refractivity contribution in [3.63, 3.8) is 0 Å². The quantitative estimate of drug-likeness (QED) is 0.801. The van der Waals surface area contributed by atoms with Crippen LogP contribution in [0.4, 0.5) is 11.4 Å². The molecule has 26 heavy (non-hydrogen) atoms. The number of sulfonamides is 1. The highest BCUT2D eigenvalue weighted by Gasteiger charge is 2.37. The van der Waals surface area contributed by atoms with Crippen LogP contribution in [-0.4, -0.2) is 32.5 Å². The van der Waals surface area contributed by atoms with Crippen molar-refractivity contribution < 1.29 is 18.0 Å². The van der Waals surface area contributed by atoms with E-state index in [1.807, 2.05) is 37.3 Å². The molecule has 0 saturated carbocycles. The molecular formula is C18H17ClN2O4S. The van der Waals surface area contributed by atoms with Gasteiger partial charge in [-0.05, 0) is 37.3 Å². The van der Waals surface area contributed by atoms with Gasteiger partial charge in [-0.2, -0.15) is 0 Å². The van der Waals surface area contributed by atoms with Gasteiger partial charge >= 0.3 is 0 Å². The molecule has 3 rings (SSSR count). The maximum Gasteiger partial charge on any atom is 0.258 e. The smallest absolute Gasteiger partial charge is 0.258 e. The van der Waals surface area contributed by atoms with Crippen LogP contribution in [0.2, 0.25) is 5.02 Å². The summed E-state index contributed by atoms with van der Waals surface area (Å²) in [7, 11) is -3.76. The van der Waals surface area contributed by atoms with E-state index in [-0.39, 0.29) is 34.4 Å². The first kappa shape index (κ1) is 18.4. The summed E-state index contributed by atoms with van der Waals surface area (Å²) >= 11 is 6.12. The predicted octanol–water partition coefficient (Wildman–Crippen LogP) is 3.07. The van der Waals surface area contributed by atoms with Crippen molar-refractivity contribution in [2.24, 2.45) is 0 Å². The monoisotopic (exact) mass is 392 g/mol. The molecule has 6 nitrogen and oxygen atoms in total. The van der Waals surface area contributed by atoms with Gasteiger partial charge in [0.25, 0.3) is 5.91 Å². The van der Waals surface area contributed by atoms with Crippen LogP contribution in [0.25, 0.3) is 0 Å². The third-order valence-corrected chi connectivity index (χ3v) is 6.12. The van der Waals surface area contributed by atoms with Gasteiger partial charge in [-0.15, -0.1) is 0 Å². The molecule has 8 heteroatoms. The van der Waals surface area contributed by atoms with Crippen molar-refractivity contribution in [2.75, 3.05) is 21.5 Å². The summed E-state index contributed by atoms with van der Waals surface area (Å²) in [5.41, 5.74) is 0.996. The number of rotatable bonds is 4. The topological polar surface area (TPSA) is 74.8 Å². The minimum absolute atomic E-state index is 0.0177. The second-order valence-electron chi connectivity index (χ2n) is 5.78. The number of amides is 2.